The second-order valence-electron chi connectivity index (χ2n) is 4.42. The Morgan fingerprint density at radius 1 is 1.47 bits per heavy atom. The molecule has 0 spiro atoms. The molecule has 0 unspecified atom stereocenters. The Morgan fingerprint density at radius 3 is 2.82 bits per heavy atom. The fourth-order valence-electron chi connectivity index (χ4n) is 1.38. The number of likely N-dealkylation sites (N-methyl/N-ethyl adjacent to an activating group) is 1. The van der Waals surface area contributed by atoms with Gasteiger partial charge in [-0.2, -0.15) is 0 Å². The van der Waals surface area contributed by atoms with Crippen LogP contribution in [0, 0.1) is 0 Å². The van der Waals surface area contributed by atoms with Gasteiger partial charge in [0, 0.05) is 37.9 Å². The van der Waals surface area contributed by atoms with Crippen LogP contribution in [0.4, 0.5) is 0 Å². The van der Waals surface area contributed by atoms with E-state index in [1.807, 2.05) is 39.1 Å². The van der Waals surface area contributed by atoms with Crippen molar-refractivity contribution in [3.8, 4) is 0 Å². The average Bonchev–Trinajstić information content (AvgIpc) is 2.34. The van der Waals surface area contributed by atoms with Crippen LogP contribution in [-0.4, -0.2) is 42.0 Å². The van der Waals surface area contributed by atoms with Crippen molar-refractivity contribution < 1.29 is 4.79 Å². The van der Waals surface area contributed by atoms with E-state index in [4.69, 9.17) is 0 Å². The minimum Gasteiger partial charge on any atom is -0.344 e. The highest BCUT2D eigenvalue weighted by atomic mass is 16.2. The van der Waals surface area contributed by atoms with Gasteiger partial charge >= 0.3 is 0 Å². The van der Waals surface area contributed by atoms with Crippen molar-refractivity contribution in [2.45, 2.75) is 26.3 Å². The summed E-state index contributed by atoms with van der Waals surface area (Å²) in [5.41, 5.74) is 1.02. The van der Waals surface area contributed by atoms with Gasteiger partial charge in [0.25, 0.3) is 0 Å². The number of carbonyl (C=O) groups is 1. The molecule has 1 N–H and O–H groups in total. The molecule has 0 bridgehead atoms. The largest absolute Gasteiger partial charge is 0.344 e. The summed E-state index contributed by atoms with van der Waals surface area (Å²) in [6.07, 6.45) is 2.57. The van der Waals surface area contributed by atoms with Crippen LogP contribution in [0.2, 0.25) is 0 Å². The molecule has 1 amide bonds. The van der Waals surface area contributed by atoms with Crippen molar-refractivity contribution >= 4 is 5.91 Å². The molecule has 0 atom stereocenters. The van der Waals surface area contributed by atoms with Crippen LogP contribution >= 0.6 is 0 Å². The lowest BCUT2D eigenvalue weighted by Crippen LogP contribution is -2.39. The number of rotatable bonds is 6. The summed E-state index contributed by atoms with van der Waals surface area (Å²) in [7, 11) is 1.83. The molecular weight excluding hydrogens is 214 g/mol. The zero-order valence-corrected chi connectivity index (χ0v) is 10.8. The van der Waals surface area contributed by atoms with E-state index >= 15 is 0 Å². The van der Waals surface area contributed by atoms with Crippen molar-refractivity contribution in [1.82, 2.24) is 15.2 Å². The number of nitrogens with zero attached hydrogens (tertiary/aromatic N) is 2. The van der Waals surface area contributed by atoms with Crippen molar-refractivity contribution in [2.75, 3.05) is 20.1 Å². The molecule has 1 heterocycles. The lowest BCUT2D eigenvalue weighted by molar-refractivity contribution is -0.129. The monoisotopic (exact) mass is 235 g/mol. The number of nitrogens with one attached hydrogen (secondary N) is 1. The maximum atomic E-state index is 11.7. The van der Waals surface area contributed by atoms with Crippen molar-refractivity contribution in [3.63, 3.8) is 0 Å². The zero-order chi connectivity index (χ0) is 12.7. The van der Waals surface area contributed by atoms with Gasteiger partial charge < -0.3 is 10.2 Å². The first-order chi connectivity index (χ1) is 8.09. The lowest BCUT2D eigenvalue weighted by Gasteiger charge is -2.18. The molecule has 1 aromatic heterocycles. The summed E-state index contributed by atoms with van der Waals surface area (Å²) >= 11 is 0. The first-order valence-electron chi connectivity index (χ1n) is 5.97. The molecular formula is C13H21N3O. The number of carbonyl (C=O) groups excluding carboxylic acids is 1. The summed E-state index contributed by atoms with van der Waals surface area (Å²) < 4.78 is 0. The van der Waals surface area contributed by atoms with Gasteiger partial charge in [0.15, 0.2) is 0 Å². The van der Waals surface area contributed by atoms with E-state index in [0.717, 1.165) is 12.1 Å². The number of amides is 1. The van der Waals surface area contributed by atoms with Gasteiger partial charge in [-0.15, -0.1) is 0 Å². The Hall–Kier alpha value is -1.42. The smallest absolute Gasteiger partial charge is 0.236 e. The fraction of sp³-hybridized carbons (Fsp3) is 0.538. The van der Waals surface area contributed by atoms with Crippen molar-refractivity contribution in [1.29, 1.82) is 0 Å². The summed E-state index contributed by atoms with van der Waals surface area (Å²) in [6, 6.07) is 6.17. The molecule has 4 nitrogen and oxygen atoms in total. The van der Waals surface area contributed by atoms with Gasteiger partial charge in [-0.1, -0.05) is 19.9 Å². The molecule has 0 radical (unpaired) electrons. The fourth-order valence-corrected chi connectivity index (χ4v) is 1.38. The second kappa shape index (κ2) is 7.01. The minimum atomic E-state index is 0.120. The predicted molar refractivity (Wildman–Crippen MR) is 68.7 cm³/mol. The summed E-state index contributed by atoms with van der Waals surface area (Å²) in [5, 5.41) is 3.12. The topological polar surface area (TPSA) is 45.2 Å². The van der Waals surface area contributed by atoms with E-state index in [1.165, 1.54) is 0 Å². The Balaban J connectivity index is 2.29. The molecule has 0 saturated carbocycles. The molecule has 17 heavy (non-hydrogen) atoms. The molecule has 1 rings (SSSR count). The summed E-state index contributed by atoms with van der Waals surface area (Å²) in [5.74, 6) is 0.120. The molecule has 1 aromatic rings. The highest BCUT2D eigenvalue weighted by molar-refractivity contribution is 5.77. The van der Waals surface area contributed by atoms with Crippen LogP contribution in [0.5, 0.6) is 0 Å². The number of hydrogen-bond acceptors (Lipinski definition) is 3. The van der Waals surface area contributed by atoms with E-state index in [1.54, 1.807) is 11.1 Å². The van der Waals surface area contributed by atoms with Crippen LogP contribution in [-0.2, 0) is 11.2 Å². The first kappa shape index (κ1) is 13.6. The second-order valence-corrected chi connectivity index (χ2v) is 4.42. The third-order valence-electron chi connectivity index (χ3n) is 2.52. The van der Waals surface area contributed by atoms with Crippen LogP contribution in [0.3, 0.4) is 0 Å². The van der Waals surface area contributed by atoms with E-state index in [9.17, 15) is 4.79 Å². The highest BCUT2D eigenvalue weighted by Crippen LogP contribution is 1.96. The third-order valence-corrected chi connectivity index (χ3v) is 2.52. The number of aromatic nitrogens is 1. The number of hydrogen-bond donors (Lipinski definition) is 1. The summed E-state index contributed by atoms with van der Waals surface area (Å²) in [4.78, 5) is 17.7. The van der Waals surface area contributed by atoms with Crippen LogP contribution < -0.4 is 5.32 Å². The SMILES string of the molecule is CC(C)NCC(=O)N(C)CCc1ccccn1. The Labute approximate surface area is 103 Å². The summed E-state index contributed by atoms with van der Waals surface area (Å²) in [6.45, 7) is 5.16. The van der Waals surface area contributed by atoms with Gasteiger partial charge in [-0.3, -0.25) is 9.78 Å². The van der Waals surface area contributed by atoms with Crippen LogP contribution in [0.1, 0.15) is 19.5 Å². The normalized spacial score (nSPS) is 10.6. The van der Waals surface area contributed by atoms with Gasteiger partial charge in [-0.25, -0.2) is 0 Å². The van der Waals surface area contributed by atoms with E-state index in [0.29, 0.717) is 19.1 Å². The molecule has 0 aromatic carbocycles. The molecule has 0 aliphatic carbocycles. The van der Waals surface area contributed by atoms with Crippen LogP contribution in [0.15, 0.2) is 24.4 Å². The quantitative estimate of drug-likeness (QED) is 0.802. The van der Waals surface area contributed by atoms with Crippen LogP contribution in [0.25, 0.3) is 0 Å². The van der Waals surface area contributed by atoms with Crippen molar-refractivity contribution in [3.05, 3.63) is 30.1 Å². The molecule has 4 heteroatoms. The zero-order valence-electron chi connectivity index (χ0n) is 10.8. The Kier molecular flexibility index (Phi) is 5.63. The molecule has 94 valence electrons. The number of pyridine rings is 1. The lowest BCUT2D eigenvalue weighted by atomic mass is 10.2. The molecule has 0 saturated heterocycles. The standard InChI is InChI=1S/C13H21N3O/c1-11(2)15-10-13(17)16(3)9-7-12-6-4-5-8-14-12/h4-6,8,11,15H,7,9-10H2,1-3H3. The van der Waals surface area contributed by atoms with E-state index < -0.39 is 0 Å². The van der Waals surface area contributed by atoms with Gasteiger partial charge in [0.1, 0.15) is 0 Å². The van der Waals surface area contributed by atoms with Gasteiger partial charge in [0.05, 0.1) is 6.54 Å². The maximum Gasteiger partial charge on any atom is 0.236 e. The van der Waals surface area contributed by atoms with Gasteiger partial charge in [0.2, 0.25) is 5.91 Å². The first-order valence-corrected chi connectivity index (χ1v) is 5.97. The van der Waals surface area contributed by atoms with Gasteiger partial charge in [-0.05, 0) is 12.1 Å². The maximum absolute atomic E-state index is 11.7. The van der Waals surface area contributed by atoms with E-state index in [-0.39, 0.29) is 5.91 Å². The van der Waals surface area contributed by atoms with Crippen molar-refractivity contribution in [2.24, 2.45) is 0 Å². The minimum absolute atomic E-state index is 0.120. The molecule has 0 fully saturated rings. The predicted octanol–water partition coefficient (Wildman–Crippen LogP) is 1.08. The Bertz CT molecular complexity index is 338. The van der Waals surface area contributed by atoms with E-state index in [2.05, 4.69) is 10.3 Å². The third kappa shape index (κ3) is 5.45. The molecule has 0 aliphatic rings. The Morgan fingerprint density at radius 2 is 2.24 bits per heavy atom. The molecule has 0 aliphatic heterocycles. The highest BCUT2D eigenvalue weighted by Gasteiger charge is 2.08. The average molecular weight is 235 g/mol.